The van der Waals surface area contributed by atoms with E-state index in [2.05, 4.69) is 20.9 Å². The first-order valence-corrected chi connectivity index (χ1v) is 13.8. The Morgan fingerprint density at radius 1 is 0.932 bits per heavy atom. The number of nitrogens with one attached hydrogen (secondary N) is 2. The van der Waals surface area contributed by atoms with E-state index in [1.807, 2.05) is 0 Å². The van der Waals surface area contributed by atoms with Gasteiger partial charge in [0.15, 0.2) is 0 Å². The van der Waals surface area contributed by atoms with Crippen LogP contribution in [-0.4, -0.2) is 108 Å². The summed E-state index contributed by atoms with van der Waals surface area (Å²) in [6.45, 7) is -0.0772. The smallest absolute Gasteiger partial charge is 0.335 e. The predicted octanol–water partition coefficient (Wildman–Crippen LogP) is 1.18. The fraction of sp³-hybridized carbons (Fsp3) is 0.481. The zero-order chi connectivity index (χ0) is 32.4. The summed E-state index contributed by atoms with van der Waals surface area (Å²) in [6.07, 6.45) is 1.97. The number of aromatic nitrogens is 3. The van der Waals surface area contributed by atoms with Gasteiger partial charge in [-0.05, 0) is 62.6 Å². The van der Waals surface area contributed by atoms with Crippen molar-refractivity contribution < 1.29 is 53.6 Å². The summed E-state index contributed by atoms with van der Waals surface area (Å²) in [7, 11) is 0. The van der Waals surface area contributed by atoms with Crippen LogP contribution in [0.3, 0.4) is 0 Å². The highest BCUT2D eigenvalue weighted by atomic mass is 19.1. The van der Waals surface area contributed by atoms with Gasteiger partial charge >= 0.3 is 29.9 Å². The number of rotatable bonds is 15. The molecule has 44 heavy (non-hydrogen) atoms. The number of carboxylic acid groups (broad SMARTS) is 4. The fourth-order valence-corrected chi connectivity index (χ4v) is 4.77. The van der Waals surface area contributed by atoms with Crippen LogP contribution in [0.5, 0.6) is 0 Å². The van der Waals surface area contributed by atoms with E-state index < -0.39 is 61.0 Å². The third-order valence-electron chi connectivity index (χ3n) is 7.11. The number of nitrogens with zero attached hydrogens (tertiary/aromatic N) is 4. The maximum absolute atomic E-state index is 13.3. The van der Waals surface area contributed by atoms with Crippen molar-refractivity contribution in [3.63, 3.8) is 0 Å². The molecule has 0 bridgehead atoms. The fourth-order valence-electron chi connectivity index (χ4n) is 4.77. The zero-order valence-corrected chi connectivity index (χ0v) is 23.5. The number of aromatic carboxylic acids is 1. The van der Waals surface area contributed by atoms with Crippen molar-refractivity contribution in [3.8, 4) is 5.69 Å². The van der Waals surface area contributed by atoms with Gasteiger partial charge in [0, 0.05) is 25.1 Å². The number of likely N-dealkylation sites (tertiary alicyclic amines) is 1. The Labute approximate surface area is 249 Å². The maximum Gasteiger partial charge on any atom is 0.335 e. The first-order valence-electron chi connectivity index (χ1n) is 13.8. The lowest BCUT2D eigenvalue weighted by molar-refractivity contribution is -0.141. The minimum absolute atomic E-state index is 0.00661. The molecule has 3 rings (SSSR count). The quantitative estimate of drug-likeness (QED) is 0.164. The molecule has 16 nitrogen and oxygen atoms in total. The number of aryl methyl sites for hydroxylation is 1. The minimum Gasteiger partial charge on any atom is -0.481 e. The van der Waals surface area contributed by atoms with Gasteiger partial charge in [-0.2, -0.15) is 0 Å². The molecule has 1 unspecified atom stereocenters. The molecule has 2 heterocycles. The van der Waals surface area contributed by atoms with Gasteiger partial charge in [0.05, 0.1) is 29.8 Å². The molecule has 6 N–H and O–H groups in total. The second-order valence-electron chi connectivity index (χ2n) is 10.3. The van der Waals surface area contributed by atoms with Crippen molar-refractivity contribution in [3.05, 3.63) is 41.2 Å². The average molecular weight is 621 g/mol. The van der Waals surface area contributed by atoms with Gasteiger partial charge in [0.1, 0.15) is 12.1 Å². The van der Waals surface area contributed by atoms with E-state index in [0.717, 1.165) is 0 Å². The topological polar surface area (TPSA) is 241 Å². The Morgan fingerprint density at radius 2 is 1.57 bits per heavy atom. The van der Waals surface area contributed by atoms with Crippen LogP contribution in [0.2, 0.25) is 0 Å². The van der Waals surface area contributed by atoms with Crippen LogP contribution < -0.4 is 10.6 Å². The maximum atomic E-state index is 13.3. The van der Waals surface area contributed by atoms with Gasteiger partial charge in [0.2, 0.25) is 0 Å². The molecule has 1 saturated heterocycles. The number of urea groups is 1. The van der Waals surface area contributed by atoms with E-state index in [-0.39, 0.29) is 55.1 Å². The van der Waals surface area contributed by atoms with Crippen LogP contribution in [0.15, 0.2) is 24.4 Å². The second kappa shape index (κ2) is 15.4. The summed E-state index contributed by atoms with van der Waals surface area (Å²) < 4.78 is 13.8. The number of halogens is 1. The summed E-state index contributed by atoms with van der Waals surface area (Å²) in [5.74, 6) is -6.00. The van der Waals surface area contributed by atoms with Gasteiger partial charge in [-0.1, -0.05) is 5.21 Å². The van der Waals surface area contributed by atoms with E-state index in [4.69, 9.17) is 5.11 Å². The number of aliphatic carboxylic acids is 3. The number of carbonyl (C=O) groups excluding carboxylic acids is 2. The summed E-state index contributed by atoms with van der Waals surface area (Å²) in [5.41, 5.74) is 0.730. The lowest BCUT2D eigenvalue weighted by Crippen LogP contribution is -2.52. The Morgan fingerprint density at radius 3 is 2.16 bits per heavy atom. The largest absolute Gasteiger partial charge is 0.481 e. The van der Waals surface area contributed by atoms with Crippen molar-refractivity contribution in [2.24, 2.45) is 5.92 Å². The van der Waals surface area contributed by atoms with Gasteiger partial charge in [-0.3, -0.25) is 14.0 Å². The Balaban J connectivity index is 1.62. The molecule has 2 atom stereocenters. The number of piperidine rings is 1. The van der Waals surface area contributed by atoms with Crippen LogP contribution in [0.4, 0.5) is 9.18 Å². The van der Waals surface area contributed by atoms with Crippen molar-refractivity contribution in [2.75, 3.05) is 19.8 Å². The monoisotopic (exact) mass is 620 g/mol. The third kappa shape index (κ3) is 9.47. The summed E-state index contributed by atoms with van der Waals surface area (Å²) >= 11 is 0. The van der Waals surface area contributed by atoms with E-state index >= 15 is 0 Å². The molecular weight excluding hydrogens is 587 g/mol. The SMILES string of the molecule is O=C(O)CCC(NC(=O)N[C@@H](CC1CCN(C(=O)c2cc(C(=O)O)cc(-n3cc(CCCF)nn3)c2)CC1)C(=O)O)C(=O)O. The molecule has 17 heteroatoms. The molecule has 1 aliphatic heterocycles. The van der Waals surface area contributed by atoms with Crippen LogP contribution >= 0.6 is 0 Å². The molecule has 1 aromatic heterocycles. The number of alkyl halides is 1. The van der Waals surface area contributed by atoms with Crippen LogP contribution in [0.1, 0.15) is 64.9 Å². The molecule has 1 fully saturated rings. The van der Waals surface area contributed by atoms with Crippen LogP contribution in [-0.2, 0) is 20.8 Å². The molecule has 238 valence electrons. The first-order chi connectivity index (χ1) is 20.9. The minimum atomic E-state index is -1.53. The lowest BCUT2D eigenvalue weighted by Gasteiger charge is -2.33. The number of benzene rings is 1. The zero-order valence-electron chi connectivity index (χ0n) is 23.5. The summed E-state index contributed by atoms with van der Waals surface area (Å²) in [4.78, 5) is 72.8. The van der Waals surface area contributed by atoms with Crippen molar-refractivity contribution >= 4 is 35.8 Å². The number of carboxylic acids is 4. The standard InChI is InChI=1S/C27H33FN6O10/c28-7-1-2-18-14-34(32-31-18)19-12-16(11-17(13-19)24(38)39)23(37)33-8-5-15(6-9-33)10-21(26(42)43)30-27(44)29-20(25(40)41)3-4-22(35)36/h11-15,20-21H,1-10H2,(H,35,36)(H,38,39)(H,40,41)(H,42,43)(H2,29,30,44)/t20?,21-/m0/s1. The highest BCUT2D eigenvalue weighted by molar-refractivity contribution is 5.98. The van der Waals surface area contributed by atoms with Crippen molar-refractivity contribution in [1.29, 1.82) is 0 Å². The van der Waals surface area contributed by atoms with Gasteiger partial charge in [0.25, 0.3) is 5.91 Å². The first kappa shape index (κ1) is 33.4. The molecule has 0 radical (unpaired) electrons. The molecule has 0 aliphatic carbocycles. The highest BCUT2D eigenvalue weighted by Gasteiger charge is 2.30. The van der Waals surface area contributed by atoms with E-state index in [0.29, 0.717) is 25.0 Å². The number of hydrogen-bond donors (Lipinski definition) is 6. The molecule has 1 aliphatic rings. The number of carbonyl (C=O) groups is 6. The summed E-state index contributed by atoms with van der Waals surface area (Å²) in [6, 6.07) is 0.0766. The van der Waals surface area contributed by atoms with Crippen molar-refractivity contribution in [1.82, 2.24) is 30.5 Å². The van der Waals surface area contributed by atoms with Crippen molar-refractivity contribution in [2.45, 2.75) is 57.0 Å². The normalized spacial score (nSPS) is 14.8. The number of amides is 3. The van der Waals surface area contributed by atoms with Gasteiger partial charge < -0.3 is 36.0 Å². The van der Waals surface area contributed by atoms with E-state index in [1.54, 1.807) is 0 Å². The Bertz CT molecular complexity index is 1390. The average Bonchev–Trinajstić information content (AvgIpc) is 3.46. The predicted molar refractivity (Wildman–Crippen MR) is 147 cm³/mol. The van der Waals surface area contributed by atoms with Crippen LogP contribution in [0.25, 0.3) is 5.69 Å². The molecule has 2 aromatic rings. The molecular formula is C27H33FN6O10. The molecule has 3 amide bonds. The van der Waals surface area contributed by atoms with E-state index in [1.165, 1.54) is 34.0 Å². The molecule has 1 aromatic carbocycles. The van der Waals surface area contributed by atoms with Gasteiger partial charge in [-0.15, -0.1) is 5.10 Å². The Hall–Kier alpha value is -5.09. The third-order valence-corrected chi connectivity index (χ3v) is 7.11. The molecule has 0 saturated carbocycles. The lowest BCUT2D eigenvalue weighted by atomic mass is 9.90. The summed E-state index contributed by atoms with van der Waals surface area (Å²) in [5, 5.41) is 49.4. The van der Waals surface area contributed by atoms with Gasteiger partial charge in [-0.25, -0.2) is 23.9 Å². The second-order valence-corrected chi connectivity index (χ2v) is 10.3. The number of hydrogen-bond acceptors (Lipinski definition) is 8. The van der Waals surface area contributed by atoms with Crippen LogP contribution in [0, 0.1) is 5.92 Å². The highest BCUT2D eigenvalue weighted by Crippen LogP contribution is 2.25. The molecule has 0 spiro atoms. The Kier molecular flexibility index (Phi) is 11.7. The van der Waals surface area contributed by atoms with E-state index in [9.17, 15) is 48.5 Å².